The van der Waals surface area contributed by atoms with Gasteiger partial charge in [-0.25, -0.2) is 4.98 Å². The summed E-state index contributed by atoms with van der Waals surface area (Å²) in [6.45, 7) is 0. The van der Waals surface area contributed by atoms with Gasteiger partial charge < -0.3 is 10.7 Å². The summed E-state index contributed by atoms with van der Waals surface area (Å²) in [6, 6.07) is 6.14. The maximum Gasteiger partial charge on any atom is 0.142 e. The molecule has 19 heavy (non-hydrogen) atoms. The van der Waals surface area contributed by atoms with E-state index in [1.165, 1.54) is 12.0 Å². The topological polar surface area (TPSA) is 78.5 Å². The maximum absolute atomic E-state index is 9.39. The van der Waals surface area contributed by atoms with E-state index < -0.39 is 0 Å². The monoisotopic (exact) mass is 252 g/mol. The van der Waals surface area contributed by atoms with Crippen molar-refractivity contribution in [1.82, 2.24) is 9.97 Å². The molecule has 0 aromatic carbocycles. The van der Waals surface area contributed by atoms with Crippen molar-refractivity contribution >= 4 is 5.82 Å². The first kappa shape index (κ1) is 11.8. The molecule has 0 saturated carbocycles. The number of nitrogens with zero attached hydrogens (tertiary/aromatic N) is 2. The van der Waals surface area contributed by atoms with Crippen molar-refractivity contribution in [3.63, 3.8) is 0 Å². The Labute approximate surface area is 112 Å². The van der Waals surface area contributed by atoms with E-state index in [1.54, 1.807) is 0 Å². The van der Waals surface area contributed by atoms with Gasteiger partial charge >= 0.3 is 0 Å². The quantitative estimate of drug-likeness (QED) is 0.766. The Hall–Kier alpha value is -2.28. The highest BCUT2D eigenvalue weighted by atomic mass is 14.9. The second kappa shape index (κ2) is 4.77. The average molecular weight is 252 g/mol. The van der Waals surface area contributed by atoms with Gasteiger partial charge in [-0.1, -0.05) is 6.42 Å². The summed E-state index contributed by atoms with van der Waals surface area (Å²) in [6.07, 6.45) is 7.32. The molecule has 1 aliphatic rings. The maximum atomic E-state index is 9.39. The highest BCUT2D eigenvalue weighted by molar-refractivity contribution is 5.77. The van der Waals surface area contributed by atoms with E-state index in [2.05, 4.69) is 16.0 Å². The molecule has 0 atom stereocenters. The van der Waals surface area contributed by atoms with Crippen molar-refractivity contribution in [2.45, 2.75) is 32.1 Å². The average Bonchev–Trinajstić information content (AvgIpc) is 2.83. The summed E-state index contributed by atoms with van der Waals surface area (Å²) < 4.78 is 0. The van der Waals surface area contributed by atoms with Crippen LogP contribution >= 0.6 is 0 Å². The Balaban J connectivity index is 2.30. The third-order valence-electron chi connectivity index (χ3n) is 3.73. The predicted octanol–water partition coefficient (Wildman–Crippen LogP) is 2.80. The van der Waals surface area contributed by atoms with Crippen molar-refractivity contribution in [2.24, 2.45) is 0 Å². The first-order valence-electron chi connectivity index (χ1n) is 6.66. The first-order valence-corrected chi connectivity index (χ1v) is 6.66. The van der Waals surface area contributed by atoms with Crippen LogP contribution in [0.2, 0.25) is 0 Å². The molecule has 3 rings (SSSR count). The lowest BCUT2D eigenvalue weighted by Crippen LogP contribution is -2.07. The number of fused-ring (bicyclic) bond motifs is 1. The summed E-state index contributed by atoms with van der Waals surface area (Å²) in [5.41, 5.74) is 10.7. The zero-order valence-corrected chi connectivity index (χ0v) is 10.7. The largest absolute Gasteiger partial charge is 0.383 e. The molecule has 0 amide bonds. The van der Waals surface area contributed by atoms with Crippen LogP contribution in [0.25, 0.3) is 11.3 Å². The second-order valence-corrected chi connectivity index (χ2v) is 4.93. The number of anilines is 1. The van der Waals surface area contributed by atoms with Crippen LogP contribution in [-0.2, 0) is 12.8 Å². The molecule has 3 N–H and O–H groups in total. The fourth-order valence-corrected chi connectivity index (χ4v) is 2.84. The fraction of sp³-hybridized carbons (Fsp3) is 0.333. The molecule has 2 aromatic heterocycles. The van der Waals surface area contributed by atoms with E-state index in [4.69, 9.17) is 5.73 Å². The third kappa shape index (κ3) is 1.97. The van der Waals surface area contributed by atoms with Gasteiger partial charge in [-0.3, -0.25) is 0 Å². The van der Waals surface area contributed by atoms with Gasteiger partial charge in [0.15, 0.2) is 0 Å². The van der Waals surface area contributed by atoms with Gasteiger partial charge in [-0.2, -0.15) is 5.26 Å². The minimum atomic E-state index is 0.354. The molecule has 4 nitrogen and oxygen atoms in total. The first-order chi connectivity index (χ1) is 9.31. The van der Waals surface area contributed by atoms with Gasteiger partial charge in [0.2, 0.25) is 0 Å². The van der Waals surface area contributed by atoms with Crippen LogP contribution in [0.5, 0.6) is 0 Å². The number of aryl methyl sites for hydroxylation is 1. The highest BCUT2D eigenvalue weighted by Crippen LogP contribution is 2.34. The number of hydrogen-bond donors (Lipinski definition) is 2. The highest BCUT2D eigenvalue weighted by Gasteiger charge is 2.21. The Morgan fingerprint density at radius 2 is 2.11 bits per heavy atom. The molecule has 0 bridgehead atoms. The van der Waals surface area contributed by atoms with Crippen LogP contribution in [0, 0.1) is 11.3 Å². The number of aromatic nitrogens is 2. The molecule has 2 heterocycles. The van der Waals surface area contributed by atoms with Crippen molar-refractivity contribution in [2.75, 3.05) is 5.73 Å². The summed E-state index contributed by atoms with van der Waals surface area (Å²) in [4.78, 5) is 7.65. The number of nitrogens with two attached hydrogens (primary N) is 1. The molecule has 0 aliphatic heterocycles. The Morgan fingerprint density at radius 1 is 1.26 bits per heavy atom. The van der Waals surface area contributed by atoms with Gasteiger partial charge in [0.25, 0.3) is 0 Å². The number of hydrogen-bond acceptors (Lipinski definition) is 3. The van der Waals surface area contributed by atoms with Gasteiger partial charge in [0.1, 0.15) is 17.5 Å². The van der Waals surface area contributed by atoms with Crippen LogP contribution in [0.4, 0.5) is 5.82 Å². The SMILES string of the molecule is N#Cc1c(N)nc2c(c1-c1ccc[nH]1)CCCCC2. The molecular weight excluding hydrogens is 236 g/mol. The van der Waals surface area contributed by atoms with E-state index in [0.29, 0.717) is 11.4 Å². The molecule has 1 aliphatic carbocycles. The predicted molar refractivity (Wildman–Crippen MR) is 74.4 cm³/mol. The van der Waals surface area contributed by atoms with Crippen molar-refractivity contribution in [3.8, 4) is 17.3 Å². The summed E-state index contributed by atoms with van der Waals surface area (Å²) in [5.74, 6) is 0.354. The molecule has 0 radical (unpaired) electrons. The molecule has 0 unspecified atom stereocenters. The number of pyridine rings is 1. The van der Waals surface area contributed by atoms with Crippen LogP contribution < -0.4 is 5.73 Å². The third-order valence-corrected chi connectivity index (χ3v) is 3.73. The van der Waals surface area contributed by atoms with Crippen molar-refractivity contribution in [3.05, 3.63) is 35.2 Å². The van der Waals surface area contributed by atoms with Gasteiger partial charge in [0, 0.05) is 23.1 Å². The lowest BCUT2D eigenvalue weighted by molar-refractivity contribution is 0.709. The Kier molecular flexibility index (Phi) is 2.96. The summed E-state index contributed by atoms with van der Waals surface area (Å²) in [7, 11) is 0. The summed E-state index contributed by atoms with van der Waals surface area (Å²) in [5, 5.41) is 9.39. The van der Waals surface area contributed by atoms with E-state index in [9.17, 15) is 5.26 Å². The molecular formula is C15H16N4. The minimum absolute atomic E-state index is 0.354. The normalized spacial score (nSPS) is 14.5. The number of nitrogen functional groups attached to an aromatic ring is 1. The molecule has 96 valence electrons. The Bertz CT molecular complexity index is 635. The van der Waals surface area contributed by atoms with Crippen molar-refractivity contribution < 1.29 is 0 Å². The second-order valence-electron chi connectivity index (χ2n) is 4.93. The van der Waals surface area contributed by atoms with Crippen molar-refractivity contribution in [1.29, 1.82) is 5.26 Å². The van der Waals surface area contributed by atoms with E-state index in [-0.39, 0.29) is 0 Å². The van der Waals surface area contributed by atoms with Crippen LogP contribution in [0.3, 0.4) is 0 Å². The van der Waals surface area contributed by atoms with Gasteiger partial charge in [-0.05, 0) is 43.4 Å². The van der Waals surface area contributed by atoms with E-state index in [0.717, 1.165) is 42.6 Å². The van der Waals surface area contributed by atoms with Gasteiger partial charge in [0.05, 0.1) is 0 Å². The molecule has 2 aromatic rings. The summed E-state index contributed by atoms with van der Waals surface area (Å²) >= 11 is 0. The number of rotatable bonds is 1. The lowest BCUT2D eigenvalue weighted by atomic mass is 9.95. The number of aromatic amines is 1. The Morgan fingerprint density at radius 3 is 2.84 bits per heavy atom. The molecule has 4 heteroatoms. The minimum Gasteiger partial charge on any atom is -0.383 e. The molecule has 0 spiro atoms. The van der Waals surface area contributed by atoms with Gasteiger partial charge in [-0.15, -0.1) is 0 Å². The zero-order valence-electron chi connectivity index (χ0n) is 10.7. The van der Waals surface area contributed by atoms with Crippen LogP contribution in [0.1, 0.15) is 36.1 Å². The smallest absolute Gasteiger partial charge is 0.142 e. The van der Waals surface area contributed by atoms with E-state index >= 15 is 0 Å². The number of nitriles is 1. The zero-order chi connectivity index (χ0) is 13.2. The standard InChI is InChI=1S/C15H16N4/c16-9-11-14(13-7-4-8-18-13)10-5-2-1-3-6-12(10)19-15(11)17/h4,7-8,18H,1-3,5-6H2,(H2,17,19). The van der Waals surface area contributed by atoms with E-state index in [1.807, 2.05) is 18.3 Å². The fourth-order valence-electron chi connectivity index (χ4n) is 2.84. The van der Waals surface area contributed by atoms with Crippen LogP contribution in [-0.4, -0.2) is 9.97 Å². The molecule has 0 fully saturated rings. The number of nitrogens with one attached hydrogen (secondary N) is 1. The molecule has 0 saturated heterocycles. The lowest BCUT2D eigenvalue weighted by Gasteiger charge is -2.14. The van der Waals surface area contributed by atoms with Crippen LogP contribution in [0.15, 0.2) is 18.3 Å². The number of H-pyrrole nitrogens is 1.